The third-order valence-electron chi connectivity index (χ3n) is 3.33. The molecule has 6 nitrogen and oxygen atoms in total. The normalized spacial score (nSPS) is 19.6. The SMILES string of the molecule is CC1(CNS(=O)(=O)CCCC(=O)O)CCNCC1. The van der Waals surface area contributed by atoms with Gasteiger partial charge in [0, 0.05) is 13.0 Å². The van der Waals surface area contributed by atoms with Crippen molar-refractivity contribution in [2.45, 2.75) is 32.6 Å². The standard InChI is InChI=1S/C11H22N2O4S/c1-11(4-6-12-7-5-11)9-13-18(16,17)8-2-3-10(14)15/h12-13H,2-9H2,1H3,(H,14,15). The molecule has 0 atom stereocenters. The number of hydrogen-bond acceptors (Lipinski definition) is 4. The van der Waals surface area contributed by atoms with Crippen LogP contribution in [0.15, 0.2) is 0 Å². The number of aliphatic carboxylic acids is 1. The zero-order chi connectivity index (χ0) is 13.6. The number of carbonyl (C=O) groups is 1. The second-order valence-electron chi connectivity index (χ2n) is 5.20. The van der Waals surface area contributed by atoms with Crippen LogP contribution in [0.1, 0.15) is 32.6 Å². The van der Waals surface area contributed by atoms with E-state index >= 15 is 0 Å². The van der Waals surface area contributed by atoms with Crippen LogP contribution in [0, 0.1) is 5.41 Å². The van der Waals surface area contributed by atoms with E-state index < -0.39 is 16.0 Å². The maximum absolute atomic E-state index is 11.7. The first kappa shape index (κ1) is 15.4. The maximum atomic E-state index is 11.7. The lowest BCUT2D eigenvalue weighted by Crippen LogP contribution is -2.43. The lowest BCUT2D eigenvalue weighted by atomic mass is 9.81. The Morgan fingerprint density at radius 1 is 1.39 bits per heavy atom. The fourth-order valence-corrected chi connectivity index (χ4v) is 3.21. The van der Waals surface area contributed by atoms with Crippen LogP contribution in [0.4, 0.5) is 0 Å². The summed E-state index contributed by atoms with van der Waals surface area (Å²) in [6.07, 6.45) is 1.94. The molecule has 0 spiro atoms. The van der Waals surface area contributed by atoms with Crippen molar-refractivity contribution in [3.8, 4) is 0 Å². The maximum Gasteiger partial charge on any atom is 0.303 e. The van der Waals surface area contributed by atoms with Crippen LogP contribution in [0.5, 0.6) is 0 Å². The molecule has 18 heavy (non-hydrogen) atoms. The summed E-state index contributed by atoms with van der Waals surface area (Å²) in [5, 5.41) is 11.7. The van der Waals surface area contributed by atoms with E-state index in [1.165, 1.54) is 0 Å². The molecule has 0 saturated carbocycles. The fraction of sp³-hybridized carbons (Fsp3) is 0.909. The Labute approximate surface area is 108 Å². The highest BCUT2D eigenvalue weighted by Gasteiger charge is 2.28. The molecule has 1 saturated heterocycles. The van der Waals surface area contributed by atoms with Crippen molar-refractivity contribution in [3.05, 3.63) is 0 Å². The highest BCUT2D eigenvalue weighted by molar-refractivity contribution is 7.89. The lowest BCUT2D eigenvalue weighted by molar-refractivity contribution is -0.137. The Bertz CT molecular complexity index is 375. The molecule has 0 aliphatic carbocycles. The number of sulfonamides is 1. The number of carboxylic acids is 1. The van der Waals surface area contributed by atoms with Crippen LogP contribution in [-0.2, 0) is 14.8 Å². The molecular formula is C11H22N2O4S. The molecule has 0 aromatic carbocycles. The molecule has 0 amide bonds. The van der Waals surface area contributed by atoms with Gasteiger partial charge >= 0.3 is 5.97 Å². The largest absolute Gasteiger partial charge is 0.481 e. The summed E-state index contributed by atoms with van der Waals surface area (Å²) in [5.41, 5.74) is 0.00508. The highest BCUT2D eigenvalue weighted by atomic mass is 32.2. The summed E-state index contributed by atoms with van der Waals surface area (Å²) in [6.45, 7) is 4.34. The van der Waals surface area contributed by atoms with Crippen molar-refractivity contribution in [1.82, 2.24) is 10.0 Å². The minimum absolute atomic E-state index is 0.00508. The molecule has 0 aromatic rings. The molecule has 0 bridgehead atoms. The van der Waals surface area contributed by atoms with E-state index in [4.69, 9.17) is 5.11 Å². The molecule has 0 unspecified atom stereocenters. The van der Waals surface area contributed by atoms with Crippen molar-refractivity contribution in [2.24, 2.45) is 5.41 Å². The van der Waals surface area contributed by atoms with Crippen molar-refractivity contribution >= 4 is 16.0 Å². The van der Waals surface area contributed by atoms with Crippen molar-refractivity contribution in [3.63, 3.8) is 0 Å². The minimum Gasteiger partial charge on any atom is -0.481 e. The van der Waals surface area contributed by atoms with E-state index in [1.54, 1.807) is 0 Å². The van der Waals surface area contributed by atoms with Gasteiger partial charge in [-0.15, -0.1) is 0 Å². The Balaban J connectivity index is 2.34. The second-order valence-corrected chi connectivity index (χ2v) is 7.12. The van der Waals surface area contributed by atoms with Gasteiger partial charge in [0.1, 0.15) is 0 Å². The summed E-state index contributed by atoms with van der Waals surface area (Å²) in [6, 6.07) is 0. The van der Waals surface area contributed by atoms with Crippen LogP contribution in [0.2, 0.25) is 0 Å². The number of piperidine rings is 1. The average molecular weight is 278 g/mol. The van der Waals surface area contributed by atoms with E-state index in [9.17, 15) is 13.2 Å². The van der Waals surface area contributed by atoms with Gasteiger partial charge in [-0.2, -0.15) is 0 Å². The van der Waals surface area contributed by atoms with Crippen LogP contribution < -0.4 is 10.0 Å². The average Bonchev–Trinajstić information content (AvgIpc) is 2.27. The van der Waals surface area contributed by atoms with Crippen LogP contribution >= 0.6 is 0 Å². The molecule has 106 valence electrons. The van der Waals surface area contributed by atoms with E-state index in [1.807, 2.05) is 0 Å². The fourth-order valence-electron chi connectivity index (χ4n) is 1.98. The number of hydrogen-bond donors (Lipinski definition) is 3. The Morgan fingerprint density at radius 2 is 2.00 bits per heavy atom. The Morgan fingerprint density at radius 3 is 2.56 bits per heavy atom. The zero-order valence-electron chi connectivity index (χ0n) is 10.7. The van der Waals surface area contributed by atoms with Gasteiger partial charge in [0.05, 0.1) is 5.75 Å². The smallest absolute Gasteiger partial charge is 0.303 e. The number of nitrogens with one attached hydrogen (secondary N) is 2. The molecule has 1 aliphatic rings. The summed E-state index contributed by atoms with van der Waals surface area (Å²) >= 11 is 0. The predicted octanol–water partition coefficient (Wildman–Crippen LogP) is 0.160. The van der Waals surface area contributed by atoms with Crippen LogP contribution in [-0.4, -0.2) is 44.9 Å². The molecule has 1 fully saturated rings. The number of rotatable bonds is 7. The lowest BCUT2D eigenvalue weighted by Gasteiger charge is -2.34. The van der Waals surface area contributed by atoms with E-state index in [0.29, 0.717) is 6.54 Å². The quantitative estimate of drug-likeness (QED) is 0.616. The molecule has 7 heteroatoms. The van der Waals surface area contributed by atoms with Gasteiger partial charge in [-0.1, -0.05) is 6.92 Å². The van der Waals surface area contributed by atoms with Crippen molar-refractivity contribution in [2.75, 3.05) is 25.4 Å². The molecule has 3 N–H and O–H groups in total. The Kier molecular flexibility index (Phi) is 5.55. The van der Waals surface area contributed by atoms with Gasteiger partial charge in [0.25, 0.3) is 0 Å². The van der Waals surface area contributed by atoms with Crippen molar-refractivity contribution < 1.29 is 18.3 Å². The summed E-state index contributed by atoms with van der Waals surface area (Å²) in [7, 11) is -3.35. The van der Waals surface area contributed by atoms with Crippen LogP contribution in [0.3, 0.4) is 0 Å². The molecule has 0 radical (unpaired) electrons. The predicted molar refractivity (Wildman–Crippen MR) is 68.9 cm³/mol. The van der Waals surface area contributed by atoms with E-state index in [0.717, 1.165) is 25.9 Å². The molecule has 1 rings (SSSR count). The Hall–Kier alpha value is -0.660. The summed E-state index contributed by atoms with van der Waals surface area (Å²) in [4.78, 5) is 10.3. The van der Waals surface area contributed by atoms with Gasteiger partial charge < -0.3 is 10.4 Å². The topological polar surface area (TPSA) is 95.5 Å². The monoisotopic (exact) mass is 278 g/mol. The van der Waals surface area contributed by atoms with E-state index in [-0.39, 0.29) is 24.0 Å². The van der Waals surface area contributed by atoms with Crippen LogP contribution in [0.25, 0.3) is 0 Å². The summed E-state index contributed by atoms with van der Waals surface area (Å²) < 4.78 is 25.9. The zero-order valence-corrected chi connectivity index (χ0v) is 11.6. The number of carboxylic acid groups (broad SMARTS) is 1. The highest BCUT2D eigenvalue weighted by Crippen LogP contribution is 2.26. The van der Waals surface area contributed by atoms with Gasteiger partial charge in [-0.25, -0.2) is 13.1 Å². The van der Waals surface area contributed by atoms with Gasteiger partial charge in [-0.05, 0) is 37.8 Å². The first-order chi connectivity index (χ1) is 8.33. The molecular weight excluding hydrogens is 256 g/mol. The summed E-state index contributed by atoms with van der Waals surface area (Å²) in [5.74, 6) is -1.08. The molecule has 1 aliphatic heterocycles. The first-order valence-corrected chi connectivity index (χ1v) is 7.88. The molecule has 1 heterocycles. The molecule has 0 aromatic heterocycles. The van der Waals surface area contributed by atoms with Gasteiger partial charge in [0.2, 0.25) is 10.0 Å². The van der Waals surface area contributed by atoms with Crippen molar-refractivity contribution in [1.29, 1.82) is 0 Å². The third kappa shape index (κ3) is 5.79. The first-order valence-electron chi connectivity index (χ1n) is 6.23. The minimum atomic E-state index is -3.35. The van der Waals surface area contributed by atoms with Gasteiger partial charge in [-0.3, -0.25) is 4.79 Å². The van der Waals surface area contributed by atoms with Gasteiger partial charge in [0.15, 0.2) is 0 Å². The second kappa shape index (κ2) is 6.49. The van der Waals surface area contributed by atoms with E-state index in [2.05, 4.69) is 17.0 Å². The third-order valence-corrected chi connectivity index (χ3v) is 4.74.